The lowest BCUT2D eigenvalue weighted by molar-refractivity contribution is -0.114. The number of amides is 1. The van der Waals surface area contributed by atoms with Crippen LogP contribution in [0, 0.1) is 11.8 Å². The Morgan fingerprint density at radius 2 is 1.72 bits per heavy atom. The van der Waals surface area contributed by atoms with Gasteiger partial charge in [-0.05, 0) is 49.2 Å². The zero-order valence-electron chi connectivity index (χ0n) is 16.6. The first-order chi connectivity index (χ1) is 13.9. The quantitative estimate of drug-likeness (QED) is 0.459. The standard InChI is InChI=1S/C22H21NO6/c1-5-29-22(26)17-12-15(6-9-18(17)23-14(2)24)7-10-19(25)16-8-11-20(27-3)21(13-16)28-4/h6,8-9,11-13H,5H2,1-4H3,(H,23,24). The molecule has 0 atom stereocenters. The van der Waals surface area contributed by atoms with Gasteiger partial charge in [-0.15, -0.1) is 0 Å². The van der Waals surface area contributed by atoms with Gasteiger partial charge < -0.3 is 19.5 Å². The number of carbonyl (C=O) groups is 3. The Morgan fingerprint density at radius 3 is 2.34 bits per heavy atom. The van der Waals surface area contributed by atoms with E-state index in [-0.39, 0.29) is 18.1 Å². The van der Waals surface area contributed by atoms with Crippen molar-refractivity contribution >= 4 is 23.3 Å². The molecule has 150 valence electrons. The first-order valence-corrected chi connectivity index (χ1v) is 8.76. The second-order valence-corrected chi connectivity index (χ2v) is 5.81. The van der Waals surface area contributed by atoms with Crippen LogP contribution in [0.2, 0.25) is 0 Å². The largest absolute Gasteiger partial charge is 0.493 e. The van der Waals surface area contributed by atoms with E-state index in [1.54, 1.807) is 37.3 Å². The van der Waals surface area contributed by atoms with Crippen LogP contribution in [-0.2, 0) is 9.53 Å². The van der Waals surface area contributed by atoms with E-state index in [0.29, 0.717) is 28.3 Å². The van der Waals surface area contributed by atoms with Crippen molar-refractivity contribution in [2.24, 2.45) is 0 Å². The van der Waals surface area contributed by atoms with Gasteiger partial charge in [0.15, 0.2) is 11.5 Å². The second kappa shape index (κ2) is 9.95. The molecule has 0 heterocycles. The minimum atomic E-state index is -0.592. The normalized spacial score (nSPS) is 9.66. The predicted molar refractivity (Wildman–Crippen MR) is 107 cm³/mol. The van der Waals surface area contributed by atoms with Crippen molar-refractivity contribution in [2.45, 2.75) is 13.8 Å². The highest BCUT2D eigenvalue weighted by Crippen LogP contribution is 2.27. The van der Waals surface area contributed by atoms with Gasteiger partial charge in [0.05, 0.1) is 32.1 Å². The molecule has 7 heteroatoms. The molecule has 0 saturated heterocycles. The average Bonchev–Trinajstić information content (AvgIpc) is 2.71. The van der Waals surface area contributed by atoms with Gasteiger partial charge >= 0.3 is 5.97 Å². The summed E-state index contributed by atoms with van der Waals surface area (Å²) in [5.74, 6) is 4.86. The van der Waals surface area contributed by atoms with E-state index < -0.39 is 11.8 Å². The zero-order chi connectivity index (χ0) is 21.4. The van der Waals surface area contributed by atoms with Crippen LogP contribution in [0.1, 0.15) is 40.1 Å². The van der Waals surface area contributed by atoms with Crippen molar-refractivity contribution in [3.63, 3.8) is 0 Å². The molecule has 1 N–H and O–H groups in total. The first-order valence-electron chi connectivity index (χ1n) is 8.76. The number of nitrogens with one attached hydrogen (secondary N) is 1. The molecule has 0 saturated carbocycles. The van der Waals surface area contributed by atoms with Crippen LogP contribution < -0.4 is 14.8 Å². The smallest absolute Gasteiger partial charge is 0.340 e. The molecule has 7 nitrogen and oxygen atoms in total. The van der Waals surface area contributed by atoms with E-state index in [0.717, 1.165) is 0 Å². The molecule has 0 spiro atoms. The summed E-state index contributed by atoms with van der Waals surface area (Å²) in [4.78, 5) is 35.9. The topological polar surface area (TPSA) is 90.9 Å². The molecule has 1 amide bonds. The van der Waals surface area contributed by atoms with E-state index in [1.807, 2.05) is 0 Å². The lowest BCUT2D eigenvalue weighted by Crippen LogP contribution is -2.13. The van der Waals surface area contributed by atoms with Gasteiger partial charge in [-0.1, -0.05) is 5.92 Å². The van der Waals surface area contributed by atoms with Gasteiger partial charge in [-0.2, -0.15) is 0 Å². The van der Waals surface area contributed by atoms with E-state index in [9.17, 15) is 14.4 Å². The Kier molecular flexibility index (Phi) is 7.38. The molecule has 0 fully saturated rings. The highest BCUT2D eigenvalue weighted by Gasteiger charge is 2.14. The van der Waals surface area contributed by atoms with Crippen molar-refractivity contribution in [1.82, 2.24) is 0 Å². The molecular formula is C22H21NO6. The molecule has 0 radical (unpaired) electrons. The van der Waals surface area contributed by atoms with Crippen LogP contribution in [-0.4, -0.2) is 38.5 Å². The van der Waals surface area contributed by atoms with Crippen molar-refractivity contribution in [3.05, 3.63) is 53.1 Å². The summed E-state index contributed by atoms with van der Waals surface area (Å²) in [5, 5.41) is 2.57. The number of ketones is 1. The molecule has 2 aromatic rings. The monoisotopic (exact) mass is 395 g/mol. The summed E-state index contributed by atoms with van der Waals surface area (Å²) in [7, 11) is 2.98. The molecule has 2 aromatic carbocycles. The fraction of sp³-hybridized carbons (Fsp3) is 0.227. The fourth-order valence-corrected chi connectivity index (χ4v) is 2.48. The maximum absolute atomic E-state index is 12.4. The number of hydrogen-bond acceptors (Lipinski definition) is 6. The average molecular weight is 395 g/mol. The number of ether oxygens (including phenoxy) is 3. The number of carbonyl (C=O) groups excluding carboxylic acids is 3. The number of Topliss-reactive ketones (excluding diaryl/α,β-unsaturated/α-hetero) is 1. The Hall–Kier alpha value is -3.79. The first kappa shape index (κ1) is 21.5. The van der Waals surface area contributed by atoms with Crippen LogP contribution in [0.15, 0.2) is 36.4 Å². The van der Waals surface area contributed by atoms with Crippen LogP contribution >= 0.6 is 0 Å². The highest BCUT2D eigenvalue weighted by atomic mass is 16.5. The number of esters is 1. The molecular weight excluding hydrogens is 374 g/mol. The van der Waals surface area contributed by atoms with E-state index >= 15 is 0 Å². The van der Waals surface area contributed by atoms with Crippen LogP contribution in [0.4, 0.5) is 5.69 Å². The Morgan fingerprint density at radius 1 is 1.00 bits per heavy atom. The van der Waals surface area contributed by atoms with E-state index in [1.165, 1.54) is 27.2 Å². The SMILES string of the molecule is CCOC(=O)c1cc(C#CC(=O)c2ccc(OC)c(OC)c2)ccc1NC(C)=O. The van der Waals surface area contributed by atoms with Crippen LogP contribution in [0.5, 0.6) is 11.5 Å². The van der Waals surface area contributed by atoms with Gasteiger partial charge in [0.2, 0.25) is 11.7 Å². The van der Waals surface area contributed by atoms with Crippen molar-refractivity contribution in [1.29, 1.82) is 0 Å². The molecule has 0 unspecified atom stereocenters. The van der Waals surface area contributed by atoms with Crippen LogP contribution in [0.3, 0.4) is 0 Å². The number of anilines is 1. The minimum absolute atomic E-state index is 0.160. The Labute approximate surface area is 169 Å². The third-order valence-electron chi connectivity index (χ3n) is 3.79. The summed E-state index contributed by atoms with van der Waals surface area (Å²) in [5.41, 5.74) is 1.24. The second-order valence-electron chi connectivity index (χ2n) is 5.81. The maximum atomic E-state index is 12.4. The summed E-state index contributed by atoms with van der Waals surface area (Å²) in [6.45, 7) is 3.21. The van der Waals surface area contributed by atoms with Crippen molar-refractivity contribution in [3.8, 4) is 23.3 Å². The van der Waals surface area contributed by atoms with Gasteiger partial charge in [0.25, 0.3) is 0 Å². The van der Waals surface area contributed by atoms with Crippen molar-refractivity contribution < 1.29 is 28.6 Å². The van der Waals surface area contributed by atoms with Gasteiger partial charge in [-0.3, -0.25) is 9.59 Å². The fourth-order valence-electron chi connectivity index (χ4n) is 2.48. The molecule has 0 aromatic heterocycles. The Bertz CT molecular complexity index is 1000. The minimum Gasteiger partial charge on any atom is -0.493 e. The maximum Gasteiger partial charge on any atom is 0.340 e. The molecule has 0 aliphatic heterocycles. The molecule has 0 bridgehead atoms. The summed E-state index contributed by atoms with van der Waals surface area (Å²) < 4.78 is 15.4. The third kappa shape index (κ3) is 5.59. The van der Waals surface area contributed by atoms with Gasteiger partial charge in [-0.25, -0.2) is 4.79 Å². The van der Waals surface area contributed by atoms with Gasteiger partial charge in [0, 0.05) is 18.1 Å². The zero-order valence-corrected chi connectivity index (χ0v) is 16.6. The number of benzene rings is 2. The van der Waals surface area contributed by atoms with E-state index in [2.05, 4.69) is 17.2 Å². The predicted octanol–water partition coefficient (Wildman–Crippen LogP) is 3.07. The summed E-state index contributed by atoms with van der Waals surface area (Å²) in [6, 6.07) is 9.36. The summed E-state index contributed by atoms with van der Waals surface area (Å²) in [6.07, 6.45) is 0. The Balaban J connectivity index is 2.33. The molecule has 2 rings (SSSR count). The molecule has 29 heavy (non-hydrogen) atoms. The summed E-state index contributed by atoms with van der Waals surface area (Å²) >= 11 is 0. The number of methoxy groups -OCH3 is 2. The van der Waals surface area contributed by atoms with E-state index in [4.69, 9.17) is 14.2 Å². The number of hydrogen-bond donors (Lipinski definition) is 1. The molecule has 0 aliphatic rings. The highest BCUT2D eigenvalue weighted by molar-refractivity contribution is 6.09. The third-order valence-corrected chi connectivity index (χ3v) is 3.79. The van der Waals surface area contributed by atoms with Crippen molar-refractivity contribution in [2.75, 3.05) is 26.1 Å². The molecule has 0 aliphatic carbocycles. The number of rotatable bonds is 6. The lowest BCUT2D eigenvalue weighted by Gasteiger charge is -2.09. The van der Waals surface area contributed by atoms with Crippen LogP contribution in [0.25, 0.3) is 0 Å². The lowest BCUT2D eigenvalue weighted by atomic mass is 10.1. The van der Waals surface area contributed by atoms with Gasteiger partial charge in [0.1, 0.15) is 0 Å².